The average molecular weight is 173 g/mol. The number of alkyl halides is 1. The Morgan fingerprint density at radius 2 is 2.36 bits per heavy atom. The Kier molecular flexibility index (Phi) is 3.30. The summed E-state index contributed by atoms with van der Waals surface area (Å²) in [4.78, 5) is 3.95. The van der Waals surface area contributed by atoms with E-state index in [2.05, 4.69) is 4.98 Å². The summed E-state index contributed by atoms with van der Waals surface area (Å²) >= 11 is 5.60. The molecule has 1 aromatic rings. The Bertz CT molecular complexity index is 227. The summed E-state index contributed by atoms with van der Waals surface area (Å²) in [6, 6.07) is 5.27. The average Bonchev–Trinajstić information content (AvgIpc) is 2.01. The van der Waals surface area contributed by atoms with Gasteiger partial charge in [0.15, 0.2) is 0 Å². The first-order valence-corrected chi connectivity index (χ1v) is 3.72. The highest BCUT2D eigenvalue weighted by Crippen LogP contribution is 2.07. The van der Waals surface area contributed by atoms with Crippen LogP contribution in [-0.4, -0.2) is 11.7 Å². The largest absolute Gasteiger partial charge is 0.251 e. The predicted octanol–water partition coefficient (Wildman–Crippen LogP) is 2.65. The molecule has 1 heterocycles. The topological polar surface area (TPSA) is 12.9 Å². The monoisotopic (exact) mass is 172 g/mol. The minimum atomic E-state index is -0.353. The molecule has 0 bridgehead atoms. The molecule has 1 aromatic heterocycles. The molecule has 11 heavy (non-hydrogen) atoms. The van der Waals surface area contributed by atoms with Gasteiger partial charge in [0.2, 0.25) is 0 Å². The van der Waals surface area contributed by atoms with E-state index >= 15 is 0 Å². The van der Waals surface area contributed by atoms with Crippen LogP contribution in [-0.2, 0) is 0 Å². The molecule has 0 atom stereocenters. The summed E-state index contributed by atoms with van der Waals surface area (Å²) in [7, 11) is 0. The van der Waals surface area contributed by atoms with Crippen molar-refractivity contribution in [2.75, 3.05) is 6.67 Å². The van der Waals surface area contributed by atoms with Gasteiger partial charge in [-0.05, 0) is 18.6 Å². The number of rotatable bonds is 3. The van der Waals surface area contributed by atoms with Crippen molar-refractivity contribution in [3.05, 3.63) is 35.5 Å². The van der Waals surface area contributed by atoms with Crippen LogP contribution in [0.5, 0.6) is 0 Å². The van der Waals surface area contributed by atoms with Gasteiger partial charge in [-0.1, -0.05) is 17.7 Å². The van der Waals surface area contributed by atoms with E-state index in [-0.39, 0.29) is 6.67 Å². The maximum atomic E-state index is 11.7. The molecule has 0 amide bonds. The molecule has 0 aliphatic rings. The van der Waals surface area contributed by atoms with Gasteiger partial charge in [-0.3, -0.25) is 4.39 Å². The normalized spacial score (nSPS) is 10.0. The summed E-state index contributed by atoms with van der Waals surface area (Å²) in [5.41, 5.74) is 0.732. The van der Waals surface area contributed by atoms with Crippen LogP contribution in [0.1, 0.15) is 12.1 Å². The van der Waals surface area contributed by atoms with Crippen LogP contribution < -0.4 is 0 Å². The number of aromatic nitrogens is 1. The lowest BCUT2D eigenvalue weighted by atomic mass is 10.2. The van der Waals surface area contributed by atoms with Crippen molar-refractivity contribution in [2.45, 2.75) is 6.42 Å². The highest BCUT2D eigenvalue weighted by molar-refractivity contribution is 6.29. The first-order valence-electron chi connectivity index (χ1n) is 3.34. The Morgan fingerprint density at radius 1 is 1.55 bits per heavy atom. The highest BCUT2D eigenvalue weighted by Gasteiger charge is 1.94. The number of hydrogen-bond acceptors (Lipinski definition) is 1. The highest BCUT2D eigenvalue weighted by atomic mass is 35.5. The summed E-state index contributed by atoms with van der Waals surface area (Å²) in [5.74, 6) is 0. The van der Waals surface area contributed by atoms with Crippen molar-refractivity contribution in [2.24, 2.45) is 0 Å². The smallest absolute Gasteiger partial charge is 0.129 e. The van der Waals surface area contributed by atoms with Gasteiger partial charge in [-0.25, -0.2) is 4.98 Å². The van der Waals surface area contributed by atoms with E-state index in [0.29, 0.717) is 11.6 Å². The van der Waals surface area contributed by atoms with Gasteiger partial charge in [0.05, 0.1) is 6.67 Å². The molecule has 0 fully saturated rings. The van der Waals surface area contributed by atoms with Gasteiger partial charge in [0, 0.05) is 12.1 Å². The maximum absolute atomic E-state index is 11.7. The Hall–Kier alpha value is -0.630. The van der Waals surface area contributed by atoms with Crippen LogP contribution in [0.3, 0.4) is 0 Å². The lowest BCUT2D eigenvalue weighted by Crippen LogP contribution is -1.87. The zero-order valence-corrected chi connectivity index (χ0v) is 6.68. The molecule has 0 aliphatic carbocycles. The van der Waals surface area contributed by atoms with Crippen molar-refractivity contribution in [1.82, 2.24) is 4.98 Å². The van der Waals surface area contributed by atoms with Gasteiger partial charge >= 0.3 is 0 Å². The zero-order chi connectivity index (χ0) is 8.10. The minimum absolute atomic E-state index is 0.353. The lowest BCUT2D eigenvalue weighted by Gasteiger charge is -1.96. The van der Waals surface area contributed by atoms with Crippen LogP contribution >= 0.6 is 11.6 Å². The van der Waals surface area contributed by atoms with E-state index in [1.54, 1.807) is 24.6 Å². The Labute approximate surface area is 70.2 Å². The molecule has 0 N–H and O–H groups in total. The van der Waals surface area contributed by atoms with E-state index in [0.717, 1.165) is 5.69 Å². The Balaban J connectivity index is 2.56. The van der Waals surface area contributed by atoms with E-state index in [1.165, 1.54) is 0 Å². The summed E-state index contributed by atoms with van der Waals surface area (Å²) in [6.07, 6.45) is 2.11. The molecule has 0 aliphatic heterocycles. The van der Waals surface area contributed by atoms with Crippen molar-refractivity contribution >= 4 is 11.6 Å². The van der Waals surface area contributed by atoms with Crippen molar-refractivity contribution in [1.29, 1.82) is 0 Å². The number of halogens is 2. The Morgan fingerprint density at radius 3 is 3.00 bits per heavy atom. The first-order chi connectivity index (χ1) is 5.33. The van der Waals surface area contributed by atoms with Gasteiger partial charge in [0.25, 0.3) is 0 Å². The number of pyridine rings is 1. The second-order valence-electron chi connectivity index (χ2n) is 2.07. The fourth-order valence-electron chi connectivity index (χ4n) is 0.740. The molecule has 1 nitrogen and oxygen atoms in total. The fourth-order valence-corrected chi connectivity index (χ4v) is 0.910. The van der Waals surface area contributed by atoms with E-state index in [9.17, 15) is 4.39 Å². The fraction of sp³-hybridized carbons (Fsp3) is 0.250. The molecule has 0 unspecified atom stereocenters. The molecule has 3 heteroatoms. The molecular weight excluding hydrogens is 165 g/mol. The SMILES string of the molecule is FCC[CH]c1cccc(Cl)n1. The van der Waals surface area contributed by atoms with Crippen LogP contribution in [0.4, 0.5) is 4.39 Å². The van der Waals surface area contributed by atoms with E-state index in [4.69, 9.17) is 11.6 Å². The van der Waals surface area contributed by atoms with Crippen LogP contribution in [0.15, 0.2) is 18.2 Å². The van der Waals surface area contributed by atoms with Gasteiger partial charge in [-0.15, -0.1) is 0 Å². The van der Waals surface area contributed by atoms with Gasteiger partial charge in [0.1, 0.15) is 5.15 Å². The van der Waals surface area contributed by atoms with Crippen LogP contribution in [0, 0.1) is 6.42 Å². The molecule has 0 saturated carbocycles. The third-order valence-electron chi connectivity index (χ3n) is 1.20. The summed E-state index contributed by atoms with van der Waals surface area (Å²) < 4.78 is 11.7. The molecular formula is C8H8ClFN. The van der Waals surface area contributed by atoms with Crippen molar-refractivity contribution in [3.63, 3.8) is 0 Å². The van der Waals surface area contributed by atoms with Gasteiger partial charge < -0.3 is 0 Å². The predicted molar refractivity (Wildman–Crippen MR) is 43.2 cm³/mol. The van der Waals surface area contributed by atoms with Crippen LogP contribution in [0.2, 0.25) is 5.15 Å². The quantitative estimate of drug-likeness (QED) is 0.639. The summed E-state index contributed by atoms with van der Waals surface area (Å²) in [6.45, 7) is -0.353. The van der Waals surface area contributed by atoms with Crippen molar-refractivity contribution in [3.8, 4) is 0 Å². The standard InChI is InChI=1S/C8H8ClFN/c9-8-5-1-3-7(11-8)4-2-6-10/h1,3-5H,2,6H2. The number of nitrogens with zero attached hydrogens (tertiary/aromatic N) is 1. The summed E-state index contributed by atoms with van der Waals surface area (Å²) in [5, 5.41) is 0.442. The molecule has 59 valence electrons. The van der Waals surface area contributed by atoms with Crippen molar-refractivity contribution < 1.29 is 4.39 Å². The lowest BCUT2D eigenvalue weighted by molar-refractivity contribution is 0.493. The molecule has 1 radical (unpaired) electrons. The van der Waals surface area contributed by atoms with Gasteiger partial charge in [-0.2, -0.15) is 0 Å². The van der Waals surface area contributed by atoms with E-state index in [1.807, 2.05) is 0 Å². The zero-order valence-electron chi connectivity index (χ0n) is 5.93. The second-order valence-corrected chi connectivity index (χ2v) is 2.45. The molecule has 0 spiro atoms. The third kappa shape index (κ3) is 2.85. The molecule has 1 rings (SSSR count). The minimum Gasteiger partial charge on any atom is -0.251 e. The third-order valence-corrected chi connectivity index (χ3v) is 1.41. The first kappa shape index (κ1) is 8.47. The second kappa shape index (κ2) is 4.29. The molecule has 0 aromatic carbocycles. The number of hydrogen-bond donors (Lipinski definition) is 0. The van der Waals surface area contributed by atoms with Crippen LogP contribution in [0.25, 0.3) is 0 Å². The molecule has 0 saturated heterocycles. The maximum Gasteiger partial charge on any atom is 0.129 e. The van der Waals surface area contributed by atoms with E-state index < -0.39 is 0 Å².